The summed E-state index contributed by atoms with van der Waals surface area (Å²) >= 11 is 30.2. The Balaban J connectivity index is 1.93. The number of carbonyl (C=O) groups is 1. The fourth-order valence-corrected chi connectivity index (χ4v) is 4.12. The van der Waals surface area contributed by atoms with Crippen LogP contribution in [0.5, 0.6) is 17.2 Å². The van der Waals surface area contributed by atoms with E-state index < -0.39 is 45.7 Å². The zero-order valence-electron chi connectivity index (χ0n) is 19.2. The van der Waals surface area contributed by atoms with E-state index in [2.05, 4.69) is 0 Å². The molecule has 0 unspecified atom stereocenters. The van der Waals surface area contributed by atoms with Gasteiger partial charge in [-0.3, -0.25) is 19.5 Å². The Morgan fingerprint density at radius 2 is 1.68 bits per heavy atom. The van der Waals surface area contributed by atoms with Crippen LogP contribution >= 0.6 is 58.0 Å². The van der Waals surface area contributed by atoms with Crippen molar-refractivity contribution in [1.29, 1.82) is 0 Å². The van der Waals surface area contributed by atoms with Gasteiger partial charge in [0.05, 0.1) is 21.4 Å². The number of nitro groups is 1. The quantitative estimate of drug-likeness (QED) is 0.145. The lowest BCUT2D eigenvalue weighted by molar-refractivity contribution is -0.482. The SMILES string of the molecule is Cn1c(C(Cl)(Cl)Cl)cc(=O)n(-c2cc(Oc3ccccc3OCC(=O)OCC[N+](=O)[O-])c(Cl)cc2Cl)c1=O. The van der Waals surface area contributed by atoms with Gasteiger partial charge in [0.15, 0.2) is 24.7 Å². The van der Waals surface area contributed by atoms with Gasteiger partial charge in [-0.25, -0.2) is 14.2 Å². The van der Waals surface area contributed by atoms with Gasteiger partial charge in [-0.2, -0.15) is 0 Å². The van der Waals surface area contributed by atoms with E-state index in [9.17, 15) is 24.5 Å². The van der Waals surface area contributed by atoms with Gasteiger partial charge in [-0.1, -0.05) is 70.1 Å². The van der Waals surface area contributed by atoms with Crippen LogP contribution in [0.1, 0.15) is 5.69 Å². The van der Waals surface area contributed by atoms with Gasteiger partial charge in [0.1, 0.15) is 5.75 Å². The lowest BCUT2D eigenvalue weighted by Gasteiger charge is -2.18. The molecule has 0 aliphatic carbocycles. The van der Waals surface area contributed by atoms with Crippen molar-refractivity contribution in [2.24, 2.45) is 7.05 Å². The minimum Gasteiger partial charge on any atom is -0.478 e. The molecule has 11 nitrogen and oxygen atoms in total. The molecular formula is C22H16Cl5N3O8. The van der Waals surface area contributed by atoms with E-state index >= 15 is 0 Å². The highest BCUT2D eigenvalue weighted by atomic mass is 35.6. The lowest BCUT2D eigenvalue weighted by atomic mass is 10.2. The Labute approximate surface area is 239 Å². The summed E-state index contributed by atoms with van der Waals surface area (Å²) in [6.45, 7) is -1.50. The fourth-order valence-electron chi connectivity index (χ4n) is 3.07. The predicted octanol–water partition coefficient (Wildman–Crippen LogP) is 4.66. The topological polar surface area (TPSA) is 132 Å². The van der Waals surface area contributed by atoms with Crippen LogP contribution < -0.4 is 20.7 Å². The Morgan fingerprint density at radius 1 is 1.03 bits per heavy atom. The highest BCUT2D eigenvalue weighted by Crippen LogP contribution is 2.39. The standard InChI is InChI=1S/C22H16Cl5N3O8/c1-28-18(22(25,26)27)10-19(31)30(21(28)33)14-9-17(13(24)8-12(14)23)38-16-5-3-2-4-15(16)37-11-20(32)36-7-6-29(34)35/h2-5,8-10H,6-7,11H2,1H3. The molecule has 0 radical (unpaired) electrons. The van der Waals surface area contributed by atoms with E-state index in [1.807, 2.05) is 0 Å². The number of esters is 1. The maximum Gasteiger partial charge on any atom is 0.344 e. The Morgan fingerprint density at radius 3 is 2.32 bits per heavy atom. The molecular weight excluding hydrogens is 612 g/mol. The molecule has 2 aromatic carbocycles. The van der Waals surface area contributed by atoms with Gasteiger partial charge in [0, 0.05) is 24.1 Å². The van der Waals surface area contributed by atoms with Crippen molar-refractivity contribution in [3.63, 3.8) is 0 Å². The molecule has 0 bridgehead atoms. The molecule has 1 heterocycles. The molecule has 0 amide bonds. The van der Waals surface area contributed by atoms with Crippen molar-refractivity contribution in [1.82, 2.24) is 9.13 Å². The first-order valence-electron chi connectivity index (χ1n) is 10.4. The monoisotopic (exact) mass is 625 g/mol. The maximum atomic E-state index is 13.0. The number of aromatic nitrogens is 2. The predicted molar refractivity (Wildman–Crippen MR) is 141 cm³/mol. The first kappa shape index (κ1) is 29.6. The van der Waals surface area contributed by atoms with Gasteiger partial charge in [-0.15, -0.1) is 0 Å². The second kappa shape index (κ2) is 12.3. The van der Waals surface area contributed by atoms with Gasteiger partial charge in [-0.05, 0) is 18.2 Å². The van der Waals surface area contributed by atoms with Crippen molar-refractivity contribution in [3.05, 3.63) is 89.2 Å². The molecule has 3 aromatic rings. The molecule has 16 heteroatoms. The molecule has 3 rings (SSSR count). The van der Waals surface area contributed by atoms with E-state index in [-0.39, 0.29) is 38.7 Å². The summed E-state index contributed by atoms with van der Waals surface area (Å²) in [7, 11) is 1.31. The van der Waals surface area contributed by atoms with Crippen LogP contribution in [0.4, 0.5) is 0 Å². The van der Waals surface area contributed by atoms with Crippen LogP contribution in [-0.4, -0.2) is 39.8 Å². The molecule has 0 aliphatic rings. The summed E-state index contributed by atoms with van der Waals surface area (Å²) in [6, 6.07) is 9.69. The van der Waals surface area contributed by atoms with Crippen molar-refractivity contribution in [2.45, 2.75) is 3.79 Å². The van der Waals surface area contributed by atoms with Gasteiger partial charge in [0.25, 0.3) is 5.56 Å². The fraction of sp³-hybridized carbons (Fsp3) is 0.227. The third-order valence-corrected chi connectivity index (χ3v) is 5.98. The summed E-state index contributed by atoms with van der Waals surface area (Å²) in [5, 5.41) is 10.3. The molecule has 0 spiro atoms. The third kappa shape index (κ3) is 7.12. The summed E-state index contributed by atoms with van der Waals surface area (Å²) in [5.41, 5.74) is -1.91. The number of ether oxygens (including phenoxy) is 3. The van der Waals surface area contributed by atoms with Gasteiger partial charge < -0.3 is 14.2 Å². The first-order valence-corrected chi connectivity index (χ1v) is 12.3. The van der Waals surface area contributed by atoms with Crippen molar-refractivity contribution in [3.8, 4) is 22.9 Å². The third-order valence-electron chi connectivity index (χ3n) is 4.80. The highest BCUT2D eigenvalue weighted by Gasteiger charge is 2.28. The van der Waals surface area contributed by atoms with Crippen molar-refractivity contribution in [2.75, 3.05) is 19.8 Å². The number of hydrogen-bond donors (Lipinski definition) is 0. The molecule has 38 heavy (non-hydrogen) atoms. The number of hydrogen-bond acceptors (Lipinski definition) is 8. The van der Waals surface area contributed by atoms with E-state index in [0.717, 1.165) is 15.2 Å². The normalized spacial score (nSPS) is 11.2. The Bertz CT molecular complexity index is 1500. The number of benzene rings is 2. The summed E-state index contributed by atoms with van der Waals surface area (Å²) in [4.78, 5) is 47.3. The average molecular weight is 628 g/mol. The summed E-state index contributed by atoms with van der Waals surface area (Å²) in [6.07, 6.45) is 0. The second-order valence-electron chi connectivity index (χ2n) is 7.39. The molecule has 202 valence electrons. The Hall–Kier alpha value is -2.96. The van der Waals surface area contributed by atoms with E-state index in [0.29, 0.717) is 0 Å². The number of carbonyl (C=O) groups excluding carboxylic acids is 1. The summed E-state index contributed by atoms with van der Waals surface area (Å²) < 4.78 is 15.7. The van der Waals surface area contributed by atoms with Crippen LogP contribution in [0.2, 0.25) is 10.0 Å². The van der Waals surface area contributed by atoms with Crippen molar-refractivity contribution >= 4 is 64.0 Å². The molecule has 0 N–H and O–H groups in total. The minimum absolute atomic E-state index is 0.0184. The van der Waals surface area contributed by atoms with E-state index in [1.165, 1.54) is 31.3 Å². The Kier molecular flexibility index (Phi) is 9.55. The van der Waals surface area contributed by atoms with E-state index in [1.54, 1.807) is 12.1 Å². The largest absolute Gasteiger partial charge is 0.478 e. The lowest BCUT2D eigenvalue weighted by Crippen LogP contribution is -2.40. The molecule has 0 saturated heterocycles. The minimum atomic E-state index is -2.03. The van der Waals surface area contributed by atoms with Crippen LogP contribution in [0.3, 0.4) is 0 Å². The first-order chi connectivity index (χ1) is 17.8. The average Bonchev–Trinajstić information content (AvgIpc) is 2.82. The second-order valence-corrected chi connectivity index (χ2v) is 10.5. The number of alkyl halides is 3. The van der Waals surface area contributed by atoms with Gasteiger partial charge >= 0.3 is 11.7 Å². The van der Waals surface area contributed by atoms with E-state index in [4.69, 9.17) is 72.2 Å². The van der Waals surface area contributed by atoms with Crippen LogP contribution in [0.15, 0.2) is 52.1 Å². The van der Waals surface area contributed by atoms with Crippen LogP contribution in [0.25, 0.3) is 5.69 Å². The zero-order chi connectivity index (χ0) is 28.2. The number of nitrogens with zero attached hydrogens (tertiary/aromatic N) is 3. The smallest absolute Gasteiger partial charge is 0.344 e. The van der Waals surface area contributed by atoms with Crippen molar-refractivity contribution < 1.29 is 23.9 Å². The number of halogens is 5. The van der Waals surface area contributed by atoms with Crippen LogP contribution in [0, 0.1) is 10.1 Å². The summed E-state index contributed by atoms with van der Waals surface area (Å²) in [5.74, 6) is -0.643. The maximum absolute atomic E-state index is 13.0. The molecule has 0 aliphatic heterocycles. The highest BCUT2D eigenvalue weighted by molar-refractivity contribution is 6.66. The molecule has 1 aromatic heterocycles. The number of rotatable bonds is 9. The van der Waals surface area contributed by atoms with Crippen LogP contribution in [-0.2, 0) is 20.4 Å². The molecule has 0 fully saturated rings. The zero-order valence-corrected chi connectivity index (χ0v) is 22.9. The number of para-hydroxylation sites is 2. The van der Waals surface area contributed by atoms with Gasteiger partial charge in [0.2, 0.25) is 10.3 Å². The molecule has 0 saturated carbocycles. The molecule has 0 atom stereocenters.